The summed E-state index contributed by atoms with van der Waals surface area (Å²) in [5.41, 5.74) is -0.892. The molecule has 0 aliphatic carbocycles. The summed E-state index contributed by atoms with van der Waals surface area (Å²) in [4.78, 5) is 21.6. The quantitative estimate of drug-likeness (QED) is 0.307. The zero-order valence-electron chi connectivity index (χ0n) is 16.0. The van der Waals surface area contributed by atoms with Crippen molar-refractivity contribution in [3.8, 4) is 22.3 Å². The fourth-order valence-corrected chi connectivity index (χ4v) is 4.07. The van der Waals surface area contributed by atoms with E-state index in [9.17, 15) is 33.2 Å². The molecule has 160 valence electrons. The van der Waals surface area contributed by atoms with Gasteiger partial charge in [0.2, 0.25) is 0 Å². The molecule has 9 heteroatoms. The summed E-state index contributed by atoms with van der Waals surface area (Å²) < 4.78 is 40.6. The number of nitrogens with zero attached hydrogens (tertiary/aromatic N) is 1. The van der Waals surface area contributed by atoms with E-state index in [4.69, 9.17) is 0 Å². The topological polar surface area (TPSA) is 80.4 Å². The molecule has 0 spiro atoms. The maximum atomic E-state index is 13.7. The Morgan fingerprint density at radius 2 is 1.52 bits per heavy atom. The molecule has 0 saturated heterocycles. The fraction of sp³-hybridized carbons (Fsp3) is 0.136. The summed E-state index contributed by atoms with van der Waals surface area (Å²) in [6, 6.07) is 14.1. The second-order valence-electron chi connectivity index (χ2n) is 6.70. The number of hydrogen-bond donors (Lipinski definition) is 1. The lowest BCUT2D eigenvalue weighted by atomic mass is 9.93. The van der Waals surface area contributed by atoms with E-state index in [1.165, 1.54) is 12.1 Å². The molecule has 3 rings (SSSR count). The average molecular weight is 494 g/mol. The Labute approximate surface area is 183 Å². The number of nitro groups is 1. The number of alkyl halides is 3. The standard InChI is InChI=1S/C22H15BrF3NO4/c1-2-12-3-5-13(6-4-12)14-7-9-15(10-8-14)18-16(22(24,25)26)11-17(27(30)31)19(20(18)23)21(28)29/h3-11H,2H2,1H3,(H,28,29). The van der Waals surface area contributed by atoms with Crippen molar-refractivity contribution in [2.24, 2.45) is 0 Å². The maximum Gasteiger partial charge on any atom is 0.417 e. The van der Waals surface area contributed by atoms with Crippen LogP contribution in [0.5, 0.6) is 0 Å². The summed E-state index contributed by atoms with van der Waals surface area (Å²) in [6.07, 6.45) is -4.06. The van der Waals surface area contributed by atoms with E-state index in [1.807, 2.05) is 31.2 Å². The van der Waals surface area contributed by atoms with Crippen LogP contribution in [-0.2, 0) is 12.6 Å². The van der Waals surface area contributed by atoms with Crippen LogP contribution in [0, 0.1) is 10.1 Å². The van der Waals surface area contributed by atoms with Crippen molar-refractivity contribution in [3.63, 3.8) is 0 Å². The summed E-state index contributed by atoms with van der Waals surface area (Å²) >= 11 is 2.88. The molecule has 0 radical (unpaired) electrons. The van der Waals surface area contributed by atoms with Crippen molar-refractivity contribution in [3.05, 3.63) is 85.9 Å². The summed E-state index contributed by atoms with van der Waals surface area (Å²) in [5.74, 6) is -1.71. The lowest BCUT2D eigenvalue weighted by Crippen LogP contribution is -2.13. The highest BCUT2D eigenvalue weighted by atomic mass is 79.9. The van der Waals surface area contributed by atoms with Crippen molar-refractivity contribution in [2.75, 3.05) is 0 Å². The van der Waals surface area contributed by atoms with Gasteiger partial charge in [0.25, 0.3) is 5.69 Å². The SMILES string of the molecule is CCc1ccc(-c2ccc(-c3c(C(F)(F)F)cc([N+](=O)[O-])c(C(=O)O)c3Br)cc2)cc1. The number of aromatic carboxylic acids is 1. The Kier molecular flexibility index (Phi) is 6.17. The number of carboxylic acid groups (broad SMARTS) is 1. The summed E-state index contributed by atoms with van der Waals surface area (Å²) in [6.45, 7) is 2.02. The highest BCUT2D eigenvalue weighted by Crippen LogP contribution is 2.46. The first kappa shape index (κ1) is 22.5. The lowest BCUT2D eigenvalue weighted by molar-refractivity contribution is -0.385. The molecule has 31 heavy (non-hydrogen) atoms. The Balaban J connectivity index is 2.20. The van der Waals surface area contributed by atoms with Crippen LogP contribution in [0.25, 0.3) is 22.3 Å². The van der Waals surface area contributed by atoms with Gasteiger partial charge >= 0.3 is 12.1 Å². The number of aryl methyl sites for hydroxylation is 1. The molecule has 0 fully saturated rings. The van der Waals surface area contributed by atoms with Gasteiger partial charge in [0.05, 0.1) is 10.5 Å². The second-order valence-corrected chi connectivity index (χ2v) is 7.49. The molecule has 0 aromatic heterocycles. The highest BCUT2D eigenvalue weighted by molar-refractivity contribution is 9.10. The Hall–Kier alpha value is -3.20. The number of rotatable bonds is 5. The minimum Gasteiger partial charge on any atom is -0.477 e. The molecule has 5 nitrogen and oxygen atoms in total. The van der Waals surface area contributed by atoms with Crippen molar-refractivity contribution < 1.29 is 28.0 Å². The number of carboxylic acids is 1. The van der Waals surface area contributed by atoms with Crippen LogP contribution in [0.1, 0.15) is 28.4 Å². The smallest absolute Gasteiger partial charge is 0.417 e. The largest absolute Gasteiger partial charge is 0.477 e. The van der Waals surface area contributed by atoms with Crippen molar-refractivity contribution >= 4 is 27.6 Å². The van der Waals surface area contributed by atoms with Crippen LogP contribution in [0.15, 0.2) is 59.1 Å². The minimum atomic E-state index is -4.94. The zero-order valence-corrected chi connectivity index (χ0v) is 17.6. The Morgan fingerprint density at radius 1 is 1.03 bits per heavy atom. The number of halogens is 4. The van der Waals surface area contributed by atoms with Gasteiger partial charge in [-0.25, -0.2) is 4.79 Å². The third kappa shape index (κ3) is 4.46. The van der Waals surface area contributed by atoms with Gasteiger partial charge in [-0.1, -0.05) is 55.5 Å². The molecule has 0 bridgehead atoms. The fourth-order valence-electron chi connectivity index (χ4n) is 3.25. The monoisotopic (exact) mass is 493 g/mol. The molecule has 0 aliphatic heterocycles. The lowest BCUT2D eigenvalue weighted by Gasteiger charge is -2.17. The van der Waals surface area contributed by atoms with Gasteiger partial charge in [0, 0.05) is 16.1 Å². The molecule has 0 unspecified atom stereocenters. The Bertz CT molecular complexity index is 1160. The van der Waals surface area contributed by atoms with Crippen molar-refractivity contribution in [1.29, 1.82) is 0 Å². The van der Waals surface area contributed by atoms with E-state index in [0.717, 1.165) is 23.1 Å². The molecule has 0 aliphatic rings. The molecule has 0 heterocycles. The predicted molar refractivity (Wildman–Crippen MR) is 113 cm³/mol. The van der Waals surface area contributed by atoms with Crippen LogP contribution in [0.3, 0.4) is 0 Å². The Morgan fingerprint density at radius 3 is 1.94 bits per heavy atom. The van der Waals surface area contributed by atoms with E-state index < -0.39 is 43.9 Å². The highest BCUT2D eigenvalue weighted by Gasteiger charge is 2.40. The summed E-state index contributed by atoms with van der Waals surface area (Å²) in [7, 11) is 0. The van der Waals surface area contributed by atoms with Gasteiger partial charge in [-0.3, -0.25) is 10.1 Å². The molecular formula is C22H15BrF3NO4. The molecule has 1 N–H and O–H groups in total. The molecule has 0 atom stereocenters. The average Bonchev–Trinajstić information content (AvgIpc) is 2.72. The van der Waals surface area contributed by atoms with Gasteiger partial charge in [-0.05, 0) is 44.6 Å². The molecule has 0 saturated carbocycles. The minimum absolute atomic E-state index is 0.0746. The molecular weight excluding hydrogens is 479 g/mol. The van der Waals surface area contributed by atoms with Gasteiger partial charge in [-0.15, -0.1) is 0 Å². The van der Waals surface area contributed by atoms with Crippen molar-refractivity contribution in [2.45, 2.75) is 19.5 Å². The van der Waals surface area contributed by atoms with E-state index in [-0.39, 0.29) is 11.6 Å². The molecule has 3 aromatic rings. The number of nitro benzene ring substituents is 1. The van der Waals surface area contributed by atoms with E-state index in [2.05, 4.69) is 15.9 Å². The normalized spacial score (nSPS) is 11.4. The zero-order chi connectivity index (χ0) is 22.9. The van der Waals surface area contributed by atoms with Crippen LogP contribution < -0.4 is 0 Å². The van der Waals surface area contributed by atoms with Gasteiger partial charge < -0.3 is 5.11 Å². The second kappa shape index (κ2) is 8.50. The van der Waals surface area contributed by atoms with Gasteiger partial charge in [-0.2, -0.15) is 13.2 Å². The summed E-state index contributed by atoms with van der Waals surface area (Å²) in [5, 5.41) is 20.6. The predicted octanol–water partition coefficient (Wildman–Crippen LogP) is 6.97. The first-order chi connectivity index (χ1) is 14.5. The number of carbonyl (C=O) groups is 1. The maximum absolute atomic E-state index is 13.7. The van der Waals surface area contributed by atoms with Gasteiger partial charge in [0.1, 0.15) is 0 Å². The molecule has 3 aromatic carbocycles. The third-order valence-electron chi connectivity index (χ3n) is 4.83. The van der Waals surface area contributed by atoms with Crippen LogP contribution in [-0.4, -0.2) is 16.0 Å². The first-order valence-electron chi connectivity index (χ1n) is 9.05. The van der Waals surface area contributed by atoms with Crippen molar-refractivity contribution in [1.82, 2.24) is 0 Å². The van der Waals surface area contributed by atoms with Crippen LogP contribution in [0.2, 0.25) is 0 Å². The number of hydrogen-bond acceptors (Lipinski definition) is 3. The number of benzene rings is 3. The first-order valence-corrected chi connectivity index (χ1v) is 9.85. The van der Waals surface area contributed by atoms with E-state index >= 15 is 0 Å². The third-order valence-corrected chi connectivity index (χ3v) is 5.62. The van der Waals surface area contributed by atoms with Gasteiger partial charge in [0.15, 0.2) is 5.56 Å². The molecule has 0 amide bonds. The van der Waals surface area contributed by atoms with Crippen LogP contribution in [0.4, 0.5) is 18.9 Å². The van der Waals surface area contributed by atoms with E-state index in [1.54, 1.807) is 12.1 Å². The van der Waals surface area contributed by atoms with E-state index in [0.29, 0.717) is 0 Å². The van der Waals surface area contributed by atoms with Crippen LogP contribution >= 0.6 is 15.9 Å².